The van der Waals surface area contributed by atoms with Crippen LogP contribution in [0.3, 0.4) is 0 Å². The van der Waals surface area contributed by atoms with Crippen molar-refractivity contribution in [3.63, 3.8) is 0 Å². The van der Waals surface area contributed by atoms with Crippen LogP contribution in [0.2, 0.25) is 0 Å². The highest BCUT2D eigenvalue weighted by Crippen LogP contribution is 2.42. The van der Waals surface area contributed by atoms with E-state index in [-0.39, 0.29) is 23.8 Å². The average molecular weight is 447 g/mol. The van der Waals surface area contributed by atoms with E-state index < -0.39 is 0 Å². The van der Waals surface area contributed by atoms with Crippen molar-refractivity contribution in [2.45, 2.75) is 25.3 Å². The smallest absolute Gasteiger partial charge is 0.250 e. The van der Waals surface area contributed by atoms with Crippen LogP contribution < -0.4 is 10.2 Å². The van der Waals surface area contributed by atoms with Crippen LogP contribution in [0.5, 0.6) is 0 Å². The zero-order chi connectivity index (χ0) is 22.3. The van der Waals surface area contributed by atoms with E-state index in [1.807, 2.05) is 71.6 Å². The lowest BCUT2D eigenvalue weighted by molar-refractivity contribution is -0.121. The van der Waals surface area contributed by atoms with E-state index in [0.717, 1.165) is 23.2 Å². The molecular formula is C26H26N2O3S. The number of nitrogens with one attached hydrogen (secondary N) is 1. The second kappa shape index (κ2) is 10.5. The van der Waals surface area contributed by atoms with Crippen LogP contribution in [0, 0.1) is 0 Å². The van der Waals surface area contributed by atoms with E-state index in [9.17, 15) is 9.59 Å². The summed E-state index contributed by atoms with van der Waals surface area (Å²) in [7, 11) is 0. The highest BCUT2D eigenvalue weighted by molar-refractivity contribution is 8.00. The van der Waals surface area contributed by atoms with Gasteiger partial charge in [-0.1, -0.05) is 61.5 Å². The van der Waals surface area contributed by atoms with E-state index in [4.69, 9.17) is 4.74 Å². The van der Waals surface area contributed by atoms with E-state index in [1.165, 1.54) is 5.56 Å². The third-order valence-electron chi connectivity index (χ3n) is 5.31. The van der Waals surface area contributed by atoms with Gasteiger partial charge in [0.2, 0.25) is 11.8 Å². The molecule has 3 aromatic carbocycles. The highest BCUT2D eigenvalue weighted by atomic mass is 32.2. The summed E-state index contributed by atoms with van der Waals surface area (Å²) in [5, 5.41) is 2.78. The molecule has 1 aliphatic heterocycles. The van der Waals surface area contributed by atoms with Crippen molar-refractivity contribution in [1.82, 2.24) is 0 Å². The van der Waals surface area contributed by atoms with Gasteiger partial charge in [-0.05, 0) is 47.4 Å². The fraction of sp³-hybridized carbons (Fsp3) is 0.231. The Balaban J connectivity index is 1.35. The quantitative estimate of drug-likeness (QED) is 0.518. The third-order valence-corrected chi connectivity index (χ3v) is 6.53. The van der Waals surface area contributed by atoms with Crippen molar-refractivity contribution >= 4 is 35.0 Å². The number of anilines is 2. The zero-order valence-electron chi connectivity index (χ0n) is 18.0. The van der Waals surface area contributed by atoms with Gasteiger partial charge in [-0.3, -0.25) is 14.5 Å². The number of thioether (sulfide) groups is 1. The predicted octanol–water partition coefficient (Wildman–Crippen LogP) is 5.18. The van der Waals surface area contributed by atoms with Crippen LogP contribution in [0.4, 0.5) is 11.4 Å². The van der Waals surface area contributed by atoms with Crippen molar-refractivity contribution in [2.75, 3.05) is 22.6 Å². The van der Waals surface area contributed by atoms with Crippen molar-refractivity contribution in [1.29, 1.82) is 0 Å². The Hall–Kier alpha value is -3.09. The molecule has 3 aromatic rings. The molecule has 1 fully saturated rings. The maximum absolute atomic E-state index is 12.6. The Morgan fingerprint density at radius 3 is 2.41 bits per heavy atom. The normalized spacial score (nSPS) is 15.7. The number of carbonyl (C=O) groups excluding carboxylic acids is 2. The second-order valence-electron chi connectivity index (χ2n) is 7.60. The highest BCUT2D eigenvalue weighted by Gasteiger charge is 2.33. The molecule has 32 heavy (non-hydrogen) atoms. The molecule has 1 saturated heterocycles. The third kappa shape index (κ3) is 5.39. The Morgan fingerprint density at radius 1 is 1.00 bits per heavy atom. The summed E-state index contributed by atoms with van der Waals surface area (Å²) in [6.07, 6.45) is 0.969. The van der Waals surface area contributed by atoms with Gasteiger partial charge in [-0.15, -0.1) is 11.8 Å². The zero-order valence-corrected chi connectivity index (χ0v) is 18.8. The van der Waals surface area contributed by atoms with Gasteiger partial charge in [-0.25, -0.2) is 0 Å². The summed E-state index contributed by atoms with van der Waals surface area (Å²) in [6.45, 7) is 2.50. The molecule has 5 nitrogen and oxygen atoms in total. The lowest BCUT2D eigenvalue weighted by Crippen LogP contribution is -2.27. The number of carbonyl (C=O) groups is 2. The molecule has 1 N–H and O–H groups in total. The Morgan fingerprint density at radius 2 is 1.72 bits per heavy atom. The number of amides is 2. The first-order chi connectivity index (χ1) is 15.6. The average Bonchev–Trinajstić information content (AvgIpc) is 3.21. The predicted molar refractivity (Wildman–Crippen MR) is 130 cm³/mol. The van der Waals surface area contributed by atoms with Gasteiger partial charge < -0.3 is 10.1 Å². The van der Waals surface area contributed by atoms with Crippen LogP contribution in [0.15, 0.2) is 78.9 Å². The van der Waals surface area contributed by atoms with E-state index in [1.54, 1.807) is 11.8 Å². The van der Waals surface area contributed by atoms with Gasteiger partial charge in [0.05, 0.1) is 12.4 Å². The standard InChI is InChI=1S/C26H26N2O3S/c1-2-19-8-14-23(15-9-19)28-25(30)18-32-26(28)21-10-12-22(13-11-21)27-24(29)17-31-16-20-6-4-3-5-7-20/h3-15,26H,2,16-18H2,1H3,(H,27,29). The van der Waals surface area contributed by atoms with Crippen LogP contribution in [0.25, 0.3) is 0 Å². The van der Waals surface area contributed by atoms with Crippen LogP contribution in [-0.2, 0) is 27.4 Å². The molecule has 0 bridgehead atoms. The van der Waals surface area contributed by atoms with E-state index in [0.29, 0.717) is 18.0 Å². The molecule has 6 heteroatoms. The Labute approximate surface area is 192 Å². The summed E-state index contributed by atoms with van der Waals surface area (Å²) in [6, 6.07) is 25.6. The van der Waals surface area contributed by atoms with Crippen molar-refractivity contribution in [3.05, 3.63) is 95.6 Å². The molecule has 0 radical (unpaired) electrons. The SMILES string of the molecule is CCc1ccc(N2C(=O)CSC2c2ccc(NC(=O)COCc3ccccc3)cc2)cc1. The number of hydrogen-bond acceptors (Lipinski definition) is 4. The summed E-state index contributed by atoms with van der Waals surface area (Å²) in [5.74, 6) is 0.367. The van der Waals surface area contributed by atoms with Gasteiger partial charge in [0.15, 0.2) is 0 Å². The number of ether oxygens (including phenoxy) is 1. The lowest BCUT2D eigenvalue weighted by Gasteiger charge is -2.24. The van der Waals surface area contributed by atoms with Crippen molar-refractivity contribution < 1.29 is 14.3 Å². The molecule has 4 rings (SSSR count). The molecule has 0 spiro atoms. The molecule has 1 atom stereocenters. The molecule has 0 saturated carbocycles. The van der Waals surface area contributed by atoms with Gasteiger partial charge in [0.1, 0.15) is 12.0 Å². The van der Waals surface area contributed by atoms with E-state index in [2.05, 4.69) is 24.4 Å². The summed E-state index contributed by atoms with van der Waals surface area (Å²) >= 11 is 1.61. The van der Waals surface area contributed by atoms with Crippen LogP contribution in [-0.4, -0.2) is 24.2 Å². The molecule has 164 valence electrons. The Bertz CT molecular complexity index is 1050. The van der Waals surface area contributed by atoms with Crippen molar-refractivity contribution in [3.8, 4) is 0 Å². The van der Waals surface area contributed by atoms with Crippen LogP contribution >= 0.6 is 11.8 Å². The van der Waals surface area contributed by atoms with Crippen molar-refractivity contribution in [2.24, 2.45) is 0 Å². The largest absolute Gasteiger partial charge is 0.367 e. The van der Waals surface area contributed by atoms with Gasteiger partial charge >= 0.3 is 0 Å². The fourth-order valence-electron chi connectivity index (χ4n) is 3.61. The molecule has 0 aliphatic carbocycles. The molecule has 1 heterocycles. The minimum atomic E-state index is -0.197. The minimum Gasteiger partial charge on any atom is -0.367 e. The maximum Gasteiger partial charge on any atom is 0.250 e. The first kappa shape index (κ1) is 22.1. The summed E-state index contributed by atoms with van der Waals surface area (Å²) in [4.78, 5) is 26.6. The molecule has 1 unspecified atom stereocenters. The topological polar surface area (TPSA) is 58.6 Å². The molecular weight excluding hydrogens is 420 g/mol. The van der Waals surface area contributed by atoms with Crippen LogP contribution in [0.1, 0.15) is 29.0 Å². The minimum absolute atomic E-state index is 0.00877. The fourth-order valence-corrected chi connectivity index (χ4v) is 4.78. The molecule has 0 aromatic heterocycles. The number of rotatable bonds is 8. The first-order valence-corrected chi connectivity index (χ1v) is 11.7. The molecule has 1 aliphatic rings. The van der Waals surface area contributed by atoms with Gasteiger partial charge in [-0.2, -0.15) is 0 Å². The second-order valence-corrected chi connectivity index (χ2v) is 8.66. The summed E-state index contributed by atoms with van der Waals surface area (Å²) in [5.41, 5.74) is 4.92. The summed E-state index contributed by atoms with van der Waals surface area (Å²) < 4.78 is 5.49. The number of benzene rings is 3. The lowest BCUT2D eigenvalue weighted by atomic mass is 10.1. The maximum atomic E-state index is 12.6. The first-order valence-electron chi connectivity index (χ1n) is 10.7. The van der Waals surface area contributed by atoms with E-state index >= 15 is 0 Å². The van der Waals surface area contributed by atoms with Gasteiger partial charge in [0, 0.05) is 11.4 Å². The Kier molecular flexibility index (Phi) is 7.24. The number of nitrogens with zero attached hydrogens (tertiary/aromatic N) is 1. The monoisotopic (exact) mass is 446 g/mol. The van der Waals surface area contributed by atoms with Gasteiger partial charge in [0.25, 0.3) is 0 Å². The number of aryl methyl sites for hydroxylation is 1. The molecule has 2 amide bonds. The number of hydrogen-bond donors (Lipinski definition) is 1.